The molecule has 8 heteroatoms. The number of carbonyl (C=O) groups is 3. The van der Waals surface area contributed by atoms with Gasteiger partial charge in [0.05, 0.1) is 0 Å². The third kappa shape index (κ3) is 32.7. The lowest BCUT2D eigenvalue weighted by molar-refractivity contribution is 0.0394. The monoisotopic (exact) mass is 811 g/mol. The van der Waals surface area contributed by atoms with E-state index >= 15 is 0 Å². The fourth-order valence-electron chi connectivity index (χ4n) is 7.21. The van der Waals surface area contributed by atoms with Gasteiger partial charge in [0.1, 0.15) is 12.2 Å². The largest absolute Gasteiger partial charge is 0.445 e. The highest BCUT2D eigenvalue weighted by atomic mass is 32.2. The Kier molecular flexibility index (Phi) is 39.6. The fraction of sp³-hybridized carbons (Fsp3) is 0.938. The predicted octanol–water partition coefficient (Wildman–Crippen LogP) is 16.4. The molecule has 0 radical (unpaired) electrons. The Labute approximate surface area is 352 Å². The van der Waals surface area contributed by atoms with Crippen LogP contribution in [0.4, 0.5) is 14.4 Å². The van der Waals surface area contributed by atoms with Crippen molar-refractivity contribution in [3.63, 3.8) is 0 Å². The highest BCUT2D eigenvalue weighted by Crippen LogP contribution is 2.23. The molecule has 0 aromatic rings. The summed E-state index contributed by atoms with van der Waals surface area (Å²) in [4.78, 5) is 44.5. The highest BCUT2D eigenvalue weighted by molar-refractivity contribution is 8.13. The molecule has 0 fully saturated rings. The van der Waals surface area contributed by atoms with Gasteiger partial charge >= 0.3 is 17.4 Å². The topological polar surface area (TPSA) is 76.1 Å². The highest BCUT2D eigenvalue weighted by Gasteiger charge is 2.35. The number of imide groups is 3. The van der Waals surface area contributed by atoms with Crippen LogP contribution in [0, 0.1) is 0 Å². The first-order valence-corrected chi connectivity index (χ1v) is 25.2. The summed E-state index contributed by atoms with van der Waals surface area (Å²) < 4.78 is 12.3. The average Bonchev–Trinajstić information content (AvgIpc) is 3.17. The average molecular weight is 811 g/mol. The summed E-state index contributed by atoms with van der Waals surface area (Å²) in [5.41, 5.74) is 0. The molecule has 0 aliphatic heterocycles. The van der Waals surface area contributed by atoms with Gasteiger partial charge in [-0.25, -0.2) is 9.59 Å². The minimum absolute atomic E-state index is 0.0944. The van der Waals surface area contributed by atoms with Gasteiger partial charge in [-0.2, -0.15) is 0 Å². The Morgan fingerprint density at radius 2 is 0.679 bits per heavy atom. The Balaban J connectivity index is 5.78. The van der Waals surface area contributed by atoms with Crippen LogP contribution >= 0.6 is 11.8 Å². The van der Waals surface area contributed by atoms with Crippen LogP contribution in [-0.2, 0) is 9.47 Å². The molecular weight excluding hydrogens is 717 g/mol. The van der Waals surface area contributed by atoms with E-state index in [1.807, 2.05) is 25.9 Å². The van der Waals surface area contributed by atoms with Crippen LogP contribution < -0.4 is 0 Å². The molecule has 0 saturated heterocycles. The Hall–Kier alpha value is -1.28. The van der Waals surface area contributed by atoms with Gasteiger partial charge < -0.3 is 14.4 Å². The van der Waals surface area contributed by atoms with Crippen LogP contribution in [0.5, 0.6) is 0 Å². The molecule has 0 N–H and O–H groups in total. The molecule has 3 atom stereocenters. The van der Waals surface area contributed by atoms with Gasteiger partial charge in [0, 0.05) is 11.8 Å². The van der Waals surface area contributed by atoms with Gasteiger partial charge in [0.25, 0.3) is 0 Å². The molecule has 0 heterocycles. The molecule has 332 valence electrons. The van der Waals surface area contributed by atoms with Gasteiger partial charge in [-0.15, -0.1) is 4.90 Å². The van der Waals surface area contributed by atoms with Gasteiger partial charge in [-0.05, 0) is 72.4 Å². The first-order valence-electron chi connectivity index (χ1n) is 24.3. The van der Waals surface area contributed by atoms with E-state index in [9.17, 15) is 14.4 Å². The summed E-state index contributed by atoms with van der Waals surface area (Å²) in [6.45, 7) is 11.0. The molecule has 0 rings (SSSR count). The summed E-state index contributed by atoms with van der Waals surface area (Å²) >= 11 is 1.00. The number of hydrogen-bond donors (Lipinski definition) is 0. The van der Waals surface area contributed by atoms with Crippen molar-refractivity contribution in [2.24, 2.45) is 0 Å². The SMILES string of the molecule is CCCCCCCCCCC(CCCCCCCCC)OC(=O)N(C(=O)OC(CCCCCCCCC)CCCCCCCCCC)C(=O)SCC(C)N(C)C. The Morgan fingerprint density at radius 1 is 0.429 bits per heavy atom. The number of thioether (sulfide) groups is 1. The molecule has 0 aromatic carbocycles. The second-order valence-electron chi connectivity index (χ2n) is 17.1. The van der Waals surface area contributed by atoms with E-state index in [0.29, 0.717) is 10.7 Å². The molecule has 56 heavy (non-hydrogen) atoms. The molecule has 0 bridgehead atoms. The standard InChI is InChI=1S/C48H94N2O5S/c1-8-12-16-20-24-28-32-36-40-44(38-34-30-26-22-18-14-10-3)54-46(51)50(48(53)56-42-43(5)49(6)7)47(52)55-45(39-35-31-27-23-19-15-11-4)41-37-33-29-25-21-17-13-9-2/h43-45H,8-42H2,1-7H3. The maximum atomic E-state index is 14.0. The van der Waals surface area contributed by atoms with Gasteiger partial charge in [-0.1, -0.05) is 206 Å². The van der Waals surface area contributed by atoms with E-state index in [4.69, 9.17) is 9.47 Å². The quantitative estimate of drug-likeness (QED) is 0.0572. The van der Waals surface area contributed by atoms with Gasteiger partial charge in [0.2, 0.25) is 0 Å². The maximum Gasteiger partial charge on any atom is 0.427 e. The number of nitrogens with zero attached hydrogens (tertiary/aromatic N) is 2. The predicted molar refractivity (Wildman–Crippen MR) is 243 cm³/mol. The van der Waals surface area contributed by atoms with E-state index in [-0.39, 0.29) is 18.2 Å². The minimum Gasteiger partial charge on any atom is -0.445 e. The lowest BCUT2D eigenvalue weighted by Crippen LogP contribution is -2.44. The molecule has 7 nitrogen and oxygen atoms in total. The van der Waals surface area contributed by atoms with Crippen LogP contribution in [0.1, 0.15) is 253 Å². The van der Waals surface area contributed by atoms with E-state index in [2.05, 4.69) is 27.7 Å². The third-order valence-electron chi connectivity index (χ3n) is 11.4. The molecule has 0 spiro atoms. The molecule has 3 unspecified atom stereocenters. The van der Waals surface area contributed by atoms with Crippen LogP contribution in [-0.4, -0.2) is 65.3 Å². The summed E-state index contributed by atoms with van der Waals surface area (Å²) in [6, 6.07) is 0.0944. The molecule has 0 aliphatic carbocycles. The van der Waals surface area contributed by atoms with Gasteiger partial charge in [0.15, 0.2) is 0 Å². The summed E-state index contributed by atoms with van der Waals surface area (Å²) in [6.07, 6.45) is 36.7. The van der Waals surface area contributed by atoms with E-state index in [1.54, 1.807) is 0 Å². The number of amides is 3. The Bertz CT molecular complexity index is 847. The van der Waals surface area contributed by atoms with Crippen molar-refractivity contribution < 1.29 is 23.9 Å². The number of unbranched alkanes of at least 4 members (excludes halogenated alkanes) is 26. The zero-order chi connectivity index (χ0) is 41.5. The van der Waals surface area contributed by atoms with Crippen molar-refractivity contribution in [1.82, 2.24) is 9.80 Å². The van der Waals surface area contributed by atoms with Crippen molar-refractivity contribution in [3.8, 4) is 0 Å². The zero-order valence-corrected chi connectivity index (χ0v) is 39.1. The van der Waals surface area contributed by atoms with Crippen molar-refractivity contribution in [2.45, 2.75) is 271 Å². The minimum atomic E-state index is -0.862. The van der Waals surface area contributed by atoms with Crippen molar-refractivity contribution >= 4 is 29.2 Å². The fourth-order valence-corrected chi connectivity index (χ4v) is 8.17. The normalized spacial score (nSPS) is 13.1. The second-order valence-corrected chi connectivity index (χ2v) is 18.1. The number of hydrogen-bond acceptors (Lipinski definition) is 7. The van der Waals surface area contributed by atoms with E-state index in [1.165, 1.54) is 141 Å². The molecular formula is C48H94N2O5S. The van der Waals surface area contributed by atoms with E-state index < -0.39 is 17.4 Å². The first-order chi connectivity index (χ1) is 27.2. The first kappa shape index (κ1) is 54.7. The molecule has 0 saturated carbocycles. The van der Waals surface area contributed by atoms with E-state index in [0.717, 1.165) is 88.8 Å². The number of ether oxygens (including phenoxy) is 2. The summed E-state index contributed by atoms with van der Waals surface area (Å²) in [7, 11) is 3.93. The smallest absolute Gasteiger partial charge is 0.427 e. The van der Waals surface area contributed by atoms with Gasteiger partial charge in [-0.3, -0.25) is 4.79 Å². The van der Waals surface area contributed by atoms with Crippen molar-refractivity contribution in [3.05, 3.63) is 0 Å². The van der Waals surface area contributed by atoms with Crippen LogP contribution in [0.3, 0.4) is 0 Å². The zero-order valence-electron chi connectivity index (χ0n) is 38.3. The lowest BCUT2D eigenvalue weighted by Gasteiger charge is -2.26. The van der Waals surface area contributed by atoms with Crippen LogP contribution in [0.2, 0.25) is 0 Å². The second kappa shape index (κ2) is 40.5. The third-order valence-corrected chi connectivity index (χ3v) is 12.5. The van der Waals surface area contributed by atoms with Crippen LogP contribution in [0.25, 0.3) is 0 Å². The maximum absolute atomic E-state index is 14.0. The summed E-state index contributed by atoms with van der Waals surface area (Å²) in [5.74, 6) is 0.461. The van der Waals surface area contributed by atoms with Crippen molar-refractivity contribution in [1.29, 1.82) is 0 Å². The number of rotatable bonds is 39. The molecule has 3 amide bonds. The van der Waals surface area contributed by atoms with Crippen LogP contribution in [0.15, 0.2) is 0 Å². The number of carbonyl (C=O) groups excluding carboxylic acids is 3. The lowest BCUT2D eigenvalue weighted by atomic mass is 10.0. The molecule has 0 aliphatic rings. The summed E-state index contributed by atoms with van der Waals surface area (Å²) in [5, 5.41) is -0.600. The molecule has 0 aromatic heterocycles. The van der Waals surface area contributed by atoms with Crippen molar-refractivity contribution in [2.75, 3.05) is 19.8 Å². The Morgan fingerprint density at radius 3 is 0.929 bits per heavy atom.